The Hall–Kier alpha value is -1.02. The molecule has 0 aliphatic rings. The van der Waals surface area contributed by atoms with Crippen LogP contribution in [0.4, 0.5) is 61.5 Å². The maximum absolute atomic E-state index is 12.9. The summed E-state index contributed by atoms with van der Waals surface area (Å²) in [5.74, 6) is -23.9. The number of alkyl halides is 14. The van der Waals surface area contributed by atoms with E-state index in [0.29, 0.717) is 0 Å². The van der Waals surface area contributed by atoms with Gasteiger partial charge >= 0.3 is 36.5 Å². The van der Waals surface area contributed by atoms with Crippen LogP contribution in [0.2, 0.25) is 0 Å². The molecule has 0 unspecified atom stereocenters. The SMILES string of the molecule is FC(F)C(F)(F)C(F)(F)C(F)(F)COCC(C(F)(F)F)C(F)(F)F. The average molecular weight is 396 g/mol. The first kappa shape index (κ1) is 23.0. The molecule has 0 rings (SSSR count). The van der Waals surface area contributed by atoms with Crippen molar-refractivity contribution in [3.63, 3.8) is 0 Å². The highest BCUT2D eigenvalue weighted by atomic mass is 19.4. The van der Waals surface area contributed by atoms with E-state index < -0.39 is 55.7 Å². The van der Waals surface area contributed by atoms with Crippen molar-refractivity contribution >= 4 is 0 Å². The predicted molar refractivity (Wildman–Crippen MR) is 47.3 cm³/mol. The molecule has 0 aromatic rings. The molecule has 0 aliphatic heterocycles. The van der Waals surface area contributed by atoms with Crippen LogP contribution in [-0.2, 0) is 4.74 Å². The molecular weight excluding hydrogens is 390 g/mol. The molecule has 0 aromatic carbocycles. The zero-order valence-corrected chi connectivity index (χ0v) is 10.8. The summed E-state index contributed by atoms with van der Waals surface area (Å²) in [5.41, 5.74) is 0. The normalized spacial score (nSPS) is 15.5. The lowest BCUT2D eigenvalue weighted by molar-refractivity contribution is -0.350. The Kier molecular flexibility index (Phi) is 6.42. The van der Waals surface area contributed by atoms with Crippen molar-refractivity contribution in [2.24, 2.45) is 5.92 Å². The molecule has 0 bridgehead atoms. The van der Waals surface area contributed by atoms with Crippen LogP contribution in [0, 0.1) is 5.92 Å². The van der Waals surface area contributed by atoms with Crippen molar-refractivity contribution in [2.45, 2.75) is 36.5 Å². The van der Waals surface area contributed by atoms with Crippen LogP contribution < -0.4 is 0 Å². The quantitative estimate of drug-likeness (QED) is 0.556. The number of ether oxygens (including phenoxy) is 1. The fourth-order valence-electron chi connectivity index (χ4n) is 1.15. The zero-order valence-electron chi connectivity index (χ0n) is 10.8. The lowest BCUT2D eigenvalue weighted by atomic mass is 10.1. The Morgan fingerprint density at radius 1 is 0.667 bits per heavy atom. The van der Waals surface area contributed by atoms with E-state index in [1.807, 2.05) is 0 Å². The Labute approximate surface area is 123 Å². The van der Waals surface area contributed by atoms with Crippen LogP contribution in [0.3, 0.4) is 0 Å². The molecule has 1 nitrogen and oxygen atoms in total. The van der Waals surface area contributed by atoms with Crippen LogP contribution in [0.25, 0.3) is 0 Å². The summed E-state index contributed by atoms with van der Waals surface area (Å²) in [7, 11) is 0. The summed E-state index contributed by atoms with van der Waals surface area (Å²) < 4.78 is 175. The molecule has 24 heavy (non-hydrogen) atoms. The van der Waals surface area contributed by atoms with E-state index in [1.165, 1.54) is 0 Å². The second-order valence-electron chi connectivity index (χ2n) is 4.35. The topological polar surface area (TPSA) is 9.23 Å². The van der Waals surface area contributed by atoms with Crippen molar-refractivity contribution in [1.82, 2.24) is 0 Å². The van der Waals surface area contributed by atoms with E-state index in [9.17, 15) is 61.5 Å². The molecule has 0 aromatic heterocycles. The number of rotatable bonds is 7. The Morgan fingerprint density at radius 3 is 1.33 bits per heavy atom. The molecule has 0 fully saturated rings. The largest absolute Gasteiger partial charge is 0.402 e. The van der Waals surface area contributed by atoms with Crippen LogP contribution >= 0.6 is 0 Å². The third-order valence-corrected chi connectivity index (χ3v) is 2.51. The molecule has 0 atom stereocenters. The average Bonchev–Trinajstić information content (AvgIpc) is 2.30. The Morgan fingerprint density at radius 2 is 1.04 bits per heavy atom. The maximum atomic E-state index is 12.9. The molecule has 0 amide bonds. The summed E-state index contributed by atoms with van der Waals surface area (Å²) in [4.78, 5) is 0. The van der Waals surface area contributed by atoms with E-state index in [2.05, 4.69) is 4.74 Å². The molecule has 15 heteroatoms. The summed E-state index contributed by atoms with van der Waals surface area (Å²) in [6.07, 6.45) is -17.4. The van der Waals surface area contributed by atoms with Gasteiger partial charge in [-0.2, -0.15) is 52.7 Å². The number of halogens is 14. The van der Waals surface area contributed by atoms with Gasteiger partial charge in [-0.1, -0.05) is 0 Å². The first-order valence-corrected chi connectivity index (χ1v) is 5.41. The summed E-state index contributed by atoms with van der Waals surface area (Å²) in [6, 6.07) is 0. The Balaban J connectivity index is 5.14. The van der Waals surface area contributed by atoms with E-state index in [1.54, 1.807) is 0 Å². The van der Waals surface area contributed by atoms with Gasteiger partial charge < -0.3 is 4.74 Å². The smallest absolute Gasteiger partial charge is 0.374 e. The molecule has 0 aliphatic carbocycles. The van der Waals surface area contributed by atoms with E-state index >= 15 is 0 Å². The molecule has 0 saturated heterocycles. The van der Waals surface area contributed by atoms with Crippen molar-refractivity contribution < 1.29 is 66.2 Å². The molecule has 0 radical (unpaired) electrons. The van der Waals surface area contributed by atoms with Crippen LogP contribution in [0.15, 0.2) is 0 Å². The van der Waals surface area contributed by atoms with Gasteiger partial charge in [-0.05, 0) is 0 Å². The van der Waals surface area contributed by atoms with Crippen LogP contribution in [0.5, 0.6) is 0 Å². The van der Waals surface area contributed by atoms with Gasteiger partial charge in [-0.3, -0.25) is 0 Å². The number of hydrogen-bond donors (Lipinski definition) is 0. The van der Waals surface area contributed by atoms with Crippen molar-refractivity contribution in [3.8, 4) is 0 Å². The molecule has 146 valence electrons. The fraction of sp³-hybridized carbons (Fsp3) is 1.00. The Bertz CT molecular complexity index is 393. The van der Waals surface area contributed by atoms with Crippen LogP contribution in [0.1, 0.15) is 0 Å². The first-order chi connectivity index (χ1) is 10.3. The molecule has 0 saturated carbocycles. The standard InChI is InChI=1S/C9H6F14O/c10-4(11)6(14,15)9(22,23)5(12,13)2-24-1-3(7(16,17)18)8(19,20)21/h3-4H,1-2H2. The summed E-state index contributed by atoms with van der Waals surface area (Å²) >= 11 is 0. The molecule has 0 heterocycles. The van der Waals surface area contributed by atoms with Gasteiger partial charge in [0.1, 0.15) is 6.61 Å². The van der Waals surface area contributed by atoms with Gasteiger partial charge in [0.2, 0.25) is 0 Å². The van der Waals surface area contributed by atoms with Crippen LogP contribution in [-0.4, -0.2) is 49.8 Å². The highest BCUT2D eigenvalue weighted by Gasteiger charge is 2.75. The monoisotopic (exact) mass is 396 g/mol. The summed E-state index contributed by atoms with van der Waals surface area (Å²) in [5, 5.41) is 0. The van der Waals surface area contributed by atoms with E-state index in [-0.39, 0.29) is 0 Å². The van der Waals surface area contributed by atoms with Gasteiger partial charge in [0.05, 0.1) is 6.61 Å². The van der Waals surface area contributed by atoms with Gasteiger partial charge in [-0.15, -0.1) is 0 Å². The van der Waals surface area contributed by atoms with Crippen molar-refractivity contribution in [2.75, 3.05) is 13.2 Å². The third kappa shape index (κ3) is 4.75. The highest BCUT2D eigenvalue weighted by molar-refractivity contribution is 4.98. The fourth-order valence-corrected chi connectivity index (χ4v) is 1.15. The van der Waals surface area contributed by atoms with E-state index in [4.69, 9.17) is 0 Å². The summed E-state index contributed by atoms with van der Waals surface area (Å²) in [6.45, 7) is -5.73. The van der Waals surface area contributed by atoms with E-state index in [0.717, 1.165) is 0 Å². The second-order valence-corrected chi connectivity index (χ2v) is 4.35. The van der Waals surface area contributed by atoms with Crippen molar-refractivity contribution in [1.29, 1.82) is 0 Å². The van der Waals surface area contributed by atoms with Gasteiger partial charge in [-0.25, -0.2) is 8.78 Å². The number of hydrogen-bond acceptors (Lipinski definition) is 1. The molecular formula is C9H6F14O. The van der Waals surface area contributed by atoms with Gasteiger partial charge in [0, 0.05) is 0 Å². The first-order valence-electron chi connectivity index (χ1n) is 5.41. The third-order valence-electron chi connectivity index (χ3n) is 2.51. The molecule has 0 N–H and O–H groups in total. The highest BCUT2D eigenvalue weighted by Crippen LogP contribution is 2.49. The minimum absolute atomic E-state index is 2.65. The lowest BCUT2D eigenvalue weighted by Crippen LogP contribution is -2.59. The second kappa shape index (κ2) is 6.71. The minimum atomic E-state index is -6.79. The van der Waals surface area contributed by atoms with Gasteiger partial charge in [0.25, 0.3) is 0 Å². The lowest BCUT2D eigenvalue weighted by Gasteiger charge is -2.32. The maximum Gasteiger partial charge on any atom is 0.402 e. The predicted octanol–water partition coefficient (Wildman–Crippen LogP) is 4.91. The zero-order chi connectivity index (χ0) is 19.8. The molecule has 0 spiro atoms. The van der Waals surface area contributed by atoms with Gasteiger partial charge in [0.15, 0.2) is 5.92 Å². The van der Waals surface area contributed by atoms with Crippen molar-refractivity contribution in [3.05, 3.63) is 0 Å². The minimum Gasteiger partial charge on any atom is -0.374 e.